The number of esters is 1. The van der Waals surface area contributed by atoms with Crippen LogP contribution in [0.25, 0.3) is 0 Å². The molecule has 0 saturated carbocycles. The number of methoxy groups -OCH3 is 1. The van der Waals surface area contributed by atoms with Crippen LogP contribution in [-0.2, 0) is 0 Å². The third-order valence-corrected chi connectivity index (χ3v) is 4.36. The minimum atomic E-state index is -0.480. The molecule has 1 N–H and O–H groups in total. The number of hydrogen-bond acceptors (Lipinski definition) is 5. The SMILES string of the molecule is COc1cc(/C=N/NC(=O)c2cccc(Br)c2)ccc1OC(=O)c1ccccc1. The Morgan fingerprint density at radius 2 is 1.69 bits per heavy atom. The highest BCUT2D eigenvalue weighted by Gasteiger charge is 2.12. The molecular weight excluding hydrogens is 436 g/mol. The average Bonchev–Trinajstić information content (AvgIpc) is 2.75. The first-order valence-electron chi connectivity index (χ1n) is 8.61. The Hall–Kier alpha value is -3.45. The lowest BCUT2D eigenvalue weighted by molar-refractivity contribution is 0.0729. The van der Waals surface area contributed by atoms with E-state index in [1.54, 1.807) is 60.7 Å². The van der Waals surface area contributed by atoms with Crippen molar-refractivity contribution in [1.82, 2.24) is 5.43 Å². The van der Waals surface area contributed by atoms with Crippen LogP contribution in [0.15, 0.2) is 82.4 Å². The van der Waals surface area contributed by atoms with E-state index in [9.17, 15) is 9.59 Å². The van der Waals surface area contributed by atoms with E-state index in [1.807, 2.05) is 12.1 Å². The number of carbonyl (C=O) groups excluding carboxylic acids is 2. The van der Waals surface area contributed by atoms with E-state index in [2.05, 4.69) is 26.5 Å². The number of rotatable bonds is 6. The Morgan fingerprint density at radius 3 is 2.41 bits per heavy atom. The Balaban J connectivity index is 1.67. The van der Waals surface area contributed by atoms with Crippen LogP contribution >= 0.6 is 15.9 Å². The first-order chi connectivity index (χ1) is 14.1. The van der Waals surface area contributed by atoms with Crippen LogP contribution in [0.2, 0.25) is 0 Å². The second kappa shape index (κ2) is 9.66. The smallest absolute Gasteiger partial charge is 0.343 e. The molecule has 0 aromatic heterocycles. The van der Waals surface area contributed by atoms with Crippen LogP contribution in [0.1, 0.15) is 26.3 Å². The number of nitrogens with zero attached hydrogens (tertiary/aromatic N) is 1. The number of hydrogen-bond donors (Lipinski definition) is 1. The molecule has 3 aromatic carbocycles. The van der Waals surface area contributed by atoms with Crippen molar-refractivity contribution in [3.05, 3.63) is 94.0 Å². The van der Waals surface area contributed by atoms with Gasteiger partial charge in [0.2, 0.25) is 0 Å². The predicted molar refractivity (Wildman–Crippen MR) is 114 cm³/mol. The number of nitrogens with one attached hydrogen (secondary N) is 1. The fraction of sp³-hybridized carbons (Fsp3) is 0.0455. The summed E-state index contributed by atoms with van der Waals surface area (Å²) in [7, 11) is 1.48. The fourth-order valence-electron chi connectivity index (χ4n) is 2.44. The summed E-state index contributed by atoms with van der Waals surface area (Å²) in [5, 5.41) is 3.96. The Bertz CT molecular complexity index is 1050. The van der Waals surface area contributed by atoms with E-state index in [0.717, 1.165) is 4.47 Å². The number of halogens is 1. The molecule has 0 radical (unpaired) electrons. The van der Waals surface area contributed by atoms with Gasteiger partial charge in [0, 0.05) is 10.0 Å². The number of benzene rings is 3. The van der Waals surface area contributed by atoms with Crippen molar-refractivity contribution in [2.75, 3.05) is 7.11 Å². The summed E-state index contributed by atoms with van der Waals surface area (Å²) >= 11 is 3.32. The molecule has 3 aromatic rings. The largest absolute Gasteiger partial charge is 0.493 e. The van der Waals surface area contributed by atoms with Crippen LogP contribution in [0, 0.1) is 0 Å². The molecule has 7 heteroatoms. The molecule has 0 atom stereocenters. The van der Waals surface area contributed by atoms with Gasteiger partial charge < -0.3 is 9.47 Å². The third-order valence-electron chi connectivity index (χ3n) is 3.87. The van der Waals surface area contributed by atoms with Crippen LogP contribution < -0.4 is 14.9 Å². The van der Waals surface area contributed by atoms with Gasteiger partial charge in [-0.15, -0.1) is 0 Å². The van der Waals surface area contributed by atoms with Crippen molar-refractivity contribution in [3.63, 3.8) is 0 Å². The van der Waals surface area contributed by atoms with Gasteiger partial charge in [0.05, 0.1) is 18.9 Å². The topological polar surface area (TPSA) is 77.0 Å². The number of amides is 1. The normalized spacial score (nSPS) is 10.6. The number of hydrazone groups is 1. The standard InChI is InChI=1S/C22H17BrN2O4/c1-28-20-12-15(14-24-25-21(26)17-8-5-9-18(23)13-17)10-11-19(20)29-22(27)16-6-3-2-4-7-16/h2-14H,1H3,(H,25,26)/b24-14+. The van der Waals surface area contributed by atoms with Gasteiger partial charge in [0.15, 0.2) is 11.5 Å². The molecule has 6 nitrogen and oxygen atoms in total. The molecule has 0 aliphatic heterocycles. The summed E-state index contributed by atoms with van der Waals surface area (Å²) in [4.78, 5) is 24.3. The van der Waals surface area contributed by atoms with Crippen molar-refractivity contribution in [2.45, 2.75) is 0 Å². The molecule has 0 aliphatic carbocycles. The molecule has 1 amide bonds. The molecule has 3 rings (SSSR count). The van der Waals surface area contributed by atoms with Crippen LogP contribution in [0.5, 0.6) is 11.5 Å². The van der Waals surface area contributed by atoms with Gasteiger partial charge in [-0.25, -0.2) is 10.2 Å². The maximum absolute atomic E-state index is 12.2. The maximum atomic E-state index is 12.2. The van der Waals surface area contributed by atoms with E-state index in [1.165, 1.54) is 13.3 Å². The van der Waals surface area contributed by atoms with Gasteiger partial charge in [-0.3, -0.25) is 4.79 Å². The molecule has 0 spiro atoms. The van der Waals surface area contributed by atoms with Crippen LogP contribution in [0.3, 0.4) is 0 Å². The summed E-state index contributed by atoms with van der Waals surface area (Å²) in [5.74, 6) is -0.150. The van der Waals surface area contributed by atoms with Gasteiger partial charge >= 0.3 is 5.97 Å². The Morgan fingerprint density at radius 1 is 0.931 bits per heavy atom. The summed E-state index contributed by atoms with van der Waals surface area (Å²) < 4.78 is 11.5. The lowest BCUT2D eigenvalue weighted by atomic mass is 10.2. The minimum Gasteiger partial charge on any atom is -0.493 e. The van der Waals surface area contributed by atoms with E-state index < -0.39 is 5.97 Å². The Labute approximate surface area is 176 Å². The lowest BCUT2D eigenvalue weighted by Crippen LogP contribution is -2.17. The molecule has 0 heterocycles. The van der Waals surface area contributed by atoms with Gasteiger partial charge in [-0.2, -0.15) is 5.10 Å². The Kier molecular flexibility index (Phi) is 6.76. The molecule has 0 saturated heterocycles. The number of carbonyl (C=O) groups is 2. The molecule has 29 heavy (non-hydrogen) atoms. The zero-order valence-corrected chi connectivity index (χ0v) is 17.0. The zero-order valence-electron chi connectivity index (χ0n) is 15.5. The summed E-state index contributed by atoms with van der Waals surface area (Å²) in [6.07, 6.45) is 1.47. The molecule has 0 aliphatic rings. The van der Waals surface area contributed by atoms with Crippen molar-refractivity contribution >= 4 is 34.0 Å². The molecule has 0 bridgehead atoms. The van der Waals surface area contributed by atoms with Crippen LogP contribution in [-0.4, -0.2) is 25.2 Å². The van der Waals surface area contributed by atoms with Crippen molar-refractivity contribution in [2.24, 2.45) is 5.10 Å². The molecular formula is C22H17BrN2O4. The highest BCUT2D eigenvalue weighted by molar-refractivity contribution is 9.10. The van der Waals surface area contributed by atoms with Crippen molar-refractivity contribution in [3.8, 4) is 11.5 Å². The van der Waals surface area contributed by atoms with Gasteiger partial charge in [0.25, 0.3) is 5.91 Å². The zero-order chi connectivity index (χ0) is 20.6. The first kappa shape index (κ1) is 20.3. The third kappa shape index (κ3) is 5.52. The van der Waals surface area contributed by atoms with E-state index >= 15 is 0 Å². The second-order valence-electron chi connectivity index (χ2n) is 5.88. The van der Waals surface area contributed by atoms with Crippen molar-refractivity contribution < 1.29 is 19.1 Å². The highest BCUT2D eigenvalue weighted by Crippen LogP contribution is 2.28. The molecule has 146 valence electrons. The maximum Gasteiger partial charge on any atom is 0.343 e. The predicted octanol–water partition coefficient (Wildman–Crippen LogP) is 4.44. The summed E-state index contributed by atoms with van der Waals surface area (Å²) in [5.41, 5.74) is 4.05. The molecule has 0 unspecified atom stereocenters. The molecule has 0 fully saturated rings. The minimum absolute atomic E-state index is 0.289. The van der Waals surface area contributed by atoms with E-state index in [0.29, 0.717) is 22.4 Å². The summed E-state index contributed by atoms with van der Waals surface area (Å²) in [6.45, 7) is 0. The van der Waals surface area contributed by atoms with E-state index in [4.69, 9.17) is 9.47 Å². The first-order valence-corrected chi connectivity index (χ1v) is 9.40. The van der Waals surface area contributed by atoms with Crippen LogP contribution in [0.4, 0.5) is 0 Å². The average molecular weight is 453 g/mol. The van der Waals surface area contributed by atoms with Gasteiger partial charge in [0.1, 0.15) is 0 Å². The van der Waals surface area contributed by atoms with Crippen molar-refractivity contribution in [1.29, 1.82) is 0 Å². The van der Waals surface area contributed by atoms with Gasteiger partial charge in [-0.05, 0) is 54.1 Å². The fourth-order valence-corrected chi connectivity index (χ4v) is 2.84. The quantitative estimate of drug-likeness (QED) is 0.259. The van der Waals surface area contributed by atoms with Gasteiger partial charge in [-0.1, -0.05) is 40.2 Å². The second-order valence-corrected chi connectivity index (χ2v) is 6.79. The number of ether oxygens (including phenoxy) is 2. The lowest BCUT2D eigenvalue weighted by Gasteiger charge is -2.10. The monoisotopic (exact) mass is 452 g/mol. The highest BCUT2D eigenvalue weighted by atomic mass is 79.9. The summed E-state index contributed by atoms with van der Waals surface area (Å²) in [6, 6.07) is 20.6. The van der Waals surface area contributed by atoms with E-state index in [-0.39, 0.29) is 11.7 Å².